The minimum atomic E-state index is 0.0505. The molecule has 1 atom stereocenters. The average Bonchev–Trinajstić information content (AvgIpc) is 2.71. The molecule has 0 aliphatic heterocycles. The first-order chi connectivity index (χ1) is 8.40. The standard InChI is InChI=1S/C12H24N4OS/c1-9(8-18-5)6-13-11-16-15-10(17-11)7-14-12(2,3)4/h9,14H,6-8H2,1-5H3,(H,13,16). The first-order valence-corrected chi connectivity index (χ1v) is 7.60. The van der Waals surface area contributed by atoms with Crippen LogP contribution < -0.4 is 10.6 Å². The van der Waals surface area contributed by atoms with Crippen molar-refractivity contribution in [3.63, 3.8) is 0 Å². The van der Waals surface area contributed by atoms with Gasteiger partial charge in [-0.1, -0.05) is 12.0 Å². The zero-order chi connectivity index (χ0) is 13.6. The lowest BCUT2D eigenvalue weighted by molar-refractivity contribution is 0.383. The van der Waals surface area contributed by atoms with Crippen LogP contribution in [0.2, 0.25) is 0 Å². The summed E-state index contributed by atoms with van der Waals surface area (Å²) in [6.07, 6.45) is 2.11. The highest BCUT2D eigenvalue weighted by Crippen LogP contribution is 2.10. The van der Waals surface area contributed by atoms with E-state index in [0.29, 0.717) is 24.4 Å². The molecule has 1 heterocycles. The van der Waals surface area contributed by atoms with Crippen molar-refractivity contribution < 1.29 is 4.42 Å². The van der Waals surface area contributed by atoms with Crippen molar-refractivity contribution in [1.82, 2.24) is 15.5 Å². The molecule has 1 unspecified atom stereocenters. The van der Waals surface area contributed by atoms with Gasteiger partial charge in [0, 0.05) is 12.1 Å². The highest BCUT2D eigenvalue weighted by molar-refractivity contribution is 7.98. The largest absolute Gasteiger partial charge is 0.407 e. The van der Waals surface area contributed by atoms with Gasteiger partial charge in [-0.05, 0) is 38.7 Å². The second-order valence-electron chi connectivity index (χ2n) is 5.55. The predicted octanol–water partition coefficient (Wildman–Crippen LogP) is 2.37. The third-order valence-corrected chi connectivity index (χ3v) is 3.19. The lowest BCUT2D eigenvalue weighted by Gasteiger charge is -2.18. The molecule has 6 heteroatoms. The number of thioether (sulfide) groups is 1. The molecule has 18 heavy (non-hydrogen) atoms. The van der Waals surface area contributed by atoms with Gasteiger partial charge >= 0.3 is 6.01 Å². The van der Waals surface area contributed by atoms with E-state index in [0.717, 1.165) is 12.3 Å². The fourth-order valence-electron chi connectivity index (χ4n) is 1.34. The Bertz CT molecular complexity index is 348. The summed E-state index contributed by atoms with van der Waals surface area (Å²) in [5.74, 6) is 2.33. The smallest absolute Gasteiger partial charge is 0.315 e. The van der Waals surface area contributed by atoms with Crippen molar-refractivity contribution in [3.05, 3.63) is 5.89 Å². The SMILES string of the molecule is CSCC(C)CNc1nnc(CNC(C)(C)C)o1. The second-order valence-corrected chi connectivity index (χ2v) is 6.46. The number of anilines is 1. The fraction of sp³-hybridized carbons (Fsp3) is 0.833. The molecule has 1 aromatic rings. The maximum Gasteiger partial charge on any atom is 0.315 e. The molecule has 1 rings (SSSR count). The molecule has 0 radical (unpaired) electrons. The molecule has 0 bridgehead atoms. The van der Waals surface area contributed by atoms with Gasteiger partial charge in [0.15, 0.2) is 0 Å². The molecule has 0 saturated carbocycles. The van der Waals surface area contributed by atoms with Crippen LogP contribution >= 0.6 is 11.8 Å². The van der Waals surface area contributed by atoms with Crippen LogP contribution in [0.15, 0.2) is 4.42 Å². The monoisotopic (exact) mass is 272 g/mol. The summed E-state index contributed by atoms with van der Waals surface area (Å²) < 4.78 is 5.50. The van der Waals surface area contributed by atoms with Crippen molar-refractivity contribution in [1.29, 1.82) is 0 Å². The van der Waals surface area contributed by atoms with Gasteiger partial charge in [0.25, 0.3) is 0 Å². The minimum absolute atomic E-state index is 0.0505. The Labute approximate surface area is 114 Å². The van der Waals surface area contributed by atoms with Gasteiger partial charge in [0.05, 0.1) is 6.54 Å². The summed E-state index contributed by atoms with van der Waals surface area (Å²) in [5.41, 5.74) is 0.0505. The van der Waals surface area contributed by atoms with Crippen LogP contribution in [0.5, 0.6) is 0 Å². The average molecular weight is 272 g/mol. The quantitative estimate of drug-likeness (QED) is 0.794. The van der Waals surface area contributed by atoms with Crippen LogP contribution in [0.4, 0.5) is 6.01 Å². The normalized spacial score (nSPS) is 13.6. The molecule has 0 aliphatic rings. The molecule has 104 valence electrons. The fourth-order valence-corrected chi connectivity index (χ4v) is 2.03. The molecule has 1 aromatic heterocycles. The van der Waals surface area contributed by atoms with Crippen LogP contribution in [0.1, 0.15) is 33.6 Å². The highest BCUT2D eigenvalue weighted by atomic mass is 32.2. The van der Waals surface area contributed by atoms with E-state index < -0.39 is 0 Å². The first-order valence-electron chi connectivity index (χ1n) is 6.21. The van der Waals surface area contributed by atoms with Gasteiger partial charge in [-0.3, -0.25) is 0 Å². The summed E-state index contributed by atoms with van der Waals surface area (Å²) >= 11 is 1.84. The van der Waals surface area contributed by atoms with Crippen LogP contribution in [0.3, 0.4) is 0 Å². The van der Waals surface area contributed by atoms with Crippen LogP contribution in [-0.2, 0) is 6.54 Å². The molecule has 0 saturated heterocycles. The molecule has 2 N–H and O–H groups in total. The molecule has 0 spiro atoms. The molecule has 0 amide bonds. The van der Waals surface area contributed by atoms with Crippen molar-refractivity contribution in [2.75, 3.05) is 23.9 Å². The highest BCUT2D eigenvalue weighted by Gasteiger charge is 2.12. The third-order valence-electron chi connectivity index (χ3n) is 2.29. The number of hydrogen-bond acceptors (Lipinski definition) is 6. The Morgan fingerprint density at radius 2 is 2.06 bits per heavy atom. The van der Waals surface area contributed by atoms with E-state index in [1.54, 1.807) is 0 Å². The lowest BCUT2D eigenvalue weighted by atomic mass is 10.1. The van der Waals surface area contributed by atoms with Crippen molar-refractivity contribution in [2.24, 2.45) is 5.92 Å². The van der Waals surface area contributed by atoms with E-state index in [2.05, 4.69) is 54.8 Å². The number of aromatic nitrogens is 2. The summed E-state index contributed by atoms with van der Waals surface area (Å²) in [4.78, 5) is 0. The maximum absolute atomic E-state index is 5.50. The second kappa shape index (κ2) is 6.99. The topological polar surface area (TPSA) is 63.0 Å². The molecule has 5 nitrogen and oxygen atoms in total. The van der Waals surface area contributed by atoms with Crippen LogP contribution in [0, 0.1) is 5.92 Å². The van der Waals surface area contributed by atoms with E-state index in [1.807, 2.05) is 11.8 Å². The molecular formula is C12H24N4OS. The summed E-state index contributed by atoms with van der Waals surface area (Å²) in [6.45, 7) is 9.96. The van der Waals surface area contributed by atoms with E-state index in [1.165, 1.54) is 0 Å². The first kappa shape index (κ1) is 15.3. The van der Waals surface area contributed by atoms with E-state index >= 15 is 0 Å². The van der Waals surface area contributed by atoms with Crippen molar-refractivity contribution in [3.8, 4) is 0 Å². The van der Waals surface area contributed by atoms with Gasteiger partial charge in [0.2, 0.25) is 5.89 Å². The summed E-state index contributed by atoms with van der Waals surface area (Å²) in [7, 11) is 0. The van der Waals surface area contributed by atoms with Crippen molar-refractivity contribution in [2.45, 2.75) is 39.8 Å². The molecular weight excluding hydrogens is 248 g/mol. The van der Waals surface area contributed by atoms with Gasteiger partial charge in [0.1, 0.15) is 0 Å². The third kappa shape index (κ3) is 6.26. The van der Waals surface area contributed by atoms with Gasteiger partial charge in [-0.15, -0.1) is 5.10 Å². The van der Waals surface area contributed by atoms with Crippen LogP contribution in [0.25, 0.3) is 0 Å². The van der Waals surface area contributed by atoms with E-state index in [-0.39, 0.29) is 5.54 Å². The van der Waals surface area contributed by atoms with Gasteiger partial charge < -0.3 is 15.1 Å². The van der Waals surface area contributed by atoms with E-state index in [4.69, 9.17) is 4.42 Å². The predicted molar refractivity (Wildman–Crippen MR) is 76.9 cm³/mol. The zero-order valence-electron chi connectivity index (χ0n) is 11.9. The molecule has 0 fully saturated rings. The van der Waals surface area contributed by atoms with Crippen molar-refractivity contribution >= 4 is 17.8 Å². The Hall–Kier alpha value is -0.750. The Morgan fingerprint density at radius 1 is 1.33 bits per heavy atom. The molecule has 0 aliphatic carbocycles. The van der Waals surface area contributed by atoms with Gasteiger partial charge in [-0.2, -0.15) is 11.8 Å². The Kier molecular flexibility index (Phi) is 5.95. The number of hydrogen-bond donors (Lipinski definition) is 2. The minimum Gasteiger partial charge on any atom is -0.407 e. The summed E-state index contributed by atoms with van der Waals surface area (Å²) in [5, 5.41) is 14.4. The van der Waals surface area contributed by atoms with Crippen LogP contribution in [-0.4, -0.2) is 34.3 Å². The lowest BCUT2D eigenvalue weighted by Crippen LogP contribution is -2.35. The summed E-state index contributed by atoms with van der Waals surface area (Å²) in [6, 6.07) is 0.508. The number of nitrogens with one attached hydrogen (secondary N) is 2. The molecule has 0 aromatic carbocycles. The zero-order valence-corrected chi connectivity index (χ0v) is 12.7. The number of nitrogens with zero attached hydrogens (tertiary/aromatic N) is 2. The Balaban J connectivity index is 2.34. The van der Waals surface area contributed by atoms with E-state index in [9.17, 15) is 0 Å². The maximum atomic E-state index is 5.50. The Morgan fingerprint density at radius 3 is 2.67 bits per heavy atom. The number of rotatable bonds is 7. The van der Waals surface area contributed by atoms with Gasteiger partial charge in [-0.25, -0.2) is 0 Å².